The molecule has 0 radical (unpaired) electrons. The van der Waals surface area contributed by atoms with E-state index in [9.17, 15) is 72.5 Å². The summed E-state index contributed by atoms with van der Waals surface area (Å²) in [7, 11) is 0. The van der Waals surface area contributed by atoms with E-state index < -0.39 is 79.1 Å². The third-order valence-electron chi connectivity index (χ3n) is 16.5. The lowest BCUT2D eigenvalue weighted by molar-refractivity contribution is -0.140. The highest BCUT2D eigenvalue weighted by molar-refractivity contribution is 6.07. The van der Waals surface area contributed by atoms with Gasteiger partial charge < -0.3 is 51.1 Å². The van der Waals surface area contributed by atoms with E-state index in [-0.39, 0.29) is 109 Å². The number of carbonyl (C=O) groups is 9. The van der Waals surface area contributed by atoms with Crippen molar-refractivity contribution in [1.29, 1.82) is 5.26 Å². The number of hydrogen-bond donors (Lipinski definition) is 7. The minimum atomic E-state index is -3.18. The number of carboxylic acid groups (broad SMARTS) is 3. The zero-order valence-corrected chi connectivity index (χ0v) is 51.5. The number of nitrogens with zero attached hydrogens (tertiary/aromatic N) is 8. The van der Waals surface area contributed by atoms with Crippen molar-refractivity contribution in [2.75, 3.05) is 124 Å². The Morgan fingerprint density at radius 1 is 0.689 bits per heavy atom. The van der Waals surface area contributed by atoms with E-state index in [4.69, 9.17) is 4.74 Å². The number of aryl methyl sites for hydroxylation is 2. The second-order valence-electron chi connectivity index (χ2n) is 23.6. The number of ether oxygens (including phenoxy) is 1. The van der Waals surface area contributed by atoms with Crippen LogP contribution in [-0.2, 0) is 44.8 Å². The second-order valence-corrected chi connectivity index (χ2v) is 23.6. The number of aromatic nitrogens is 1. The molecule has 0 aliphatic carbocycles. The van der Waals surface area contributed by atoms with Crippen molar-refractivity contribution >= 4 is 64.3 Å². The van der Waals surface area contributed by atoms with Gasteiger partial charge in [-0.25, -0.2) is 8.78 Å². The van der Waals surface area contributed by atoms with Crippen LogP contribution in [-0.4, -0.2) is 245 Å². The van der Waals surface area contributed by atoms with Gasteiger partial charge in [0.05, 0.1) is 63.0 Å². The largest absolute Gasteiger partial charge is 0.494 e. The Labute approximate surface area is 523 Å². The molecule has 0 spiro atoms. The van der Waals surface area contributed by atoms with Crippen LogP contribution in [0.5, 0.6) is 5.75 Å². The fourth-order valence-electron chi connectivity index (χ4n) is 11.4. The number of hydrogen-bond acceptors (Lipinski definition) is 16. The summed E-state index contributed by atoms with van der Waals surface area (Å²) >= 11 is 0. The first-order chi connectivity index (χ1) is 43.1. The number of pyridine rings is 1. The van der Waals surface area contributed by atoms with Crippen molar-refractivity contribution in [1.82, 2.24) is 55.7 Å². The van der Waals surface area contributed by atoms with Gasteiger partial charge >= 0.3 is 17.9 Å². The summed E-state index contributed by atoms with van der Waals surface area (Å²) in [6.07, 6.45) is 8.57. The number of carbonyl (C=O) groups excluding carboxylic acids is 6. The number of rotatable bonds is 32. The first kappa shape index (κ1) is 71.1. The average Bonchev–Trinajstić information content (AvgIpc) is 1.41. The zero-order chi connectivity index (χ0) is 65.0. The third-order valence-corrected chi connectivity index (χ3v) is 16.5. The Balaban J connectivity index is 0.922. The van der Waals surface area contributed by atoms with Gasteiger partial charge in [0, 0.05) is 109 Å². The highest BCUT2D eigenvalue weighted by atomic mass is 19.3. The highest BCUT2D eigenvalue weighted by Crippen LogP contribution is 2.32. The van der Waals surface area contributed by atoms with E-state index in [1.165, 1.54) is 12.3 Å². The fourth-order valence-corrected chi connectivity index (χ4v) is 11.4. The highest BCUT2D eigenvalue weighted by Gasteiger charge is 2.47. The molecule has 1 aromatic heterocycles. The molecule has 7 N–H and O–H groups in total. The Bertz CT molecular complexity index is 2910. The molecular formula is C63H88F2N12O13. The monoisotopic (exact) mass is 1260 g/mol. The lowest BCUT2D eigenvalue weighted by atomic mass is 9.92. The standard InChI is InChI=1S/C63H88F2N12O13/c1-45-13-15-46(16-14-45)8-5-11-54(78)68-23-6-10-53(71-55(79)40-72-27-29-73(41-58(82)83)31-33-75(43-60(86)87)34-32-74(30-28-72)42-59(84)85)62(89)69-22-4-2-3-12-56(80)76-25-20-47(21-26-76)9-7-35-90-49-17-18-52-51(36-49)50(19-24-67-52)61(88)70-39-57(81)77-44-63(64,65)37-48(77)38-66/h13-19,24,36,47-48,53H,2-12,20-23,25-35,37,39-44H2,1H3,(H,68,78)(H,69,89)(H,70,88)(H,71,79)(H,82,83)(H,84,85)(H,86,87)/t48-,53+/m1/s1. The molecule has 25 nitrogen and oxygen atoms in total. The Morgan fingerprint density at radius 2 is 1.30 bits per heavy atom. The van der Waals surface area contributed by atoms with Gasteiger partial charge in [-0.05, 0) is 107 Å². The van der Waals surface area contributed by atoms with Gasteiger partial charge in [-0.2, -0.15) is 5.26 Å². The van der Waals surface area contributed by atoms with E-state index in [2.05, 4.69) is 26.3 Å². The van der Waals surface area contributed by atoms with E-state index in [0.29, 0.717) is 93.8 Å². The normalized spacial score (nSPS) is 17.7. The van der Waals surface area contributed by atoms with Crippen molar-refractivity contribution in [3.8, 4) is 11.8 Å². The number of nitrogens with one attached hydrogen (secondary N) is 4. The van der Waals surface area contributed by atoms with Gasteiger partial charge in [0.25, 0.3) is 11.8 Å². The molecule has 90 heavy (non-hydrogen) atoms. The van der Waals surface area contributed by atoms with Gasteiger partial charge in [-0.1, -0.05) is 36.2 Å². The van der Waals surface area contributed by atoms with Crippen molar-refractivity contribution in [3.63, 3.8) is 0 Å². The van der Waals surface area contributed by atoms with E-state index in [0.717, 1.165) is 48.1 Å². The molecule has 27 heteroatoms. The maximum absolute atomic E-state index is 13.9. The number of piperidine rings is 1. The minimum Gasteiger partial charge on any atom is -0.494 e. The van der Waals surface area contributed by atoms with Gasteiger partial charge in [-0.3, -0.25) is 67.7 Å². The predicted molar refractivity (Wildman–Crippen MR) is 327 cm³/mol. The lowest BCUT2D eigenvalue weighted by Crippen LogP contribution is -2.52. The summed E-state index contributed by atoms with van der Waals surface area (Å²) in [5.41, 5.74) is 3.02. The van der Waals surface area contributed by atoms with Gasteiger partial charge in [0.1, 0.15) is 17.8 Å². The first-order valence-corrected chi connectivity index (χ1v) is 31.2. The summed E-state index contributed by atoms with van der Waals surface area (Å²) in [6, 6.07) is 14.3. The number of likely N-dealkylation sites (tertiary alicyclic amines) is 2. The molecule has 3 aromatic rings. The molecule has 492 valence electrons. The number of fused-ring (bicyclic) bond motifs is 1. The van der Waals surface area contributed by atoms with Crippen LogP contribution in [0.1, 0.15) is 105 Å². The topological polar surface area (TPSA) is 328 Å². The maximum atomic E-state index is 13.9. The van der Waals surface area contributed by atoms with Crippen LogP contribution < -0.4 is 26.0 Å². The predicted octanol–water partition coefficient (Wildman–Crippen LogP) is 2.99. The molecule has 2 atom stereocenters. The smallest absolute Gasteiger partial charge is 0.317 e. The van der Waals surface area contributed by atoms with Crippen LogP contribution in [0.4, 0.5) is 8.78 Å². The van der Waals surface area contributed by atoms with E-state index in [1.54, 1.807) is 43.9 Å². The minimum absolute atomic E-state index is 0.0696. The molecule has 6 rings (SSSR count). The fraction of sp³-hybridized carbons (Fsp3) is 0.603. The molecule has 2 aromatic carbocycles. The van der Waals surface area contributed by atoms with Crippen molar-refractivity contribution in [2.45, 2.75) is 115 Å². The van der Waals surface area contributed by atoms with Crippen LogP contribution in [0.2, 0.25) is 0 Å². The summed E-state index contributed by atoms with van der Waals surface area (Å²) in [5, 5.41) is 49.8. The SMILES string of the molecule is Cc1ccc(CCCC(=O)NCCC[C@H](NC(=O)CN2CCN(CC(=O)O)CCN(CC(=O)O)CCN(CC(=O)O)CC2)C(=O)NCCCCCC(=O)N2CCC(CCCOc3ccc4nccc(C(=O)NCC(=O)N5CC(F)(F)C[C@@H]5C#N)c4c3)CC2)cc1. The molecule has 0 bridgehead atoms. The van der Waals surface area contributed by atoms with Crippen LogP contribution in [0, 0.1) is 24.2 Å². The Morgan fingerprint density at radius 3 is 1.91 bits per heavy atom. The Kier molecular flexibility index (Phi) is 29.0. The zero-order valence-electron chi connectivity index (χ0n) is 51.5. The molecule has 3 fully saturated rings. The second kappa shape index (κ2) is 36.7. The molecule has 0 saturated carbocycles. The van der Waals surface area contributed by atoms with Gasteiger partial charge in [0.2, 0.25) is 29.5 Å². The third kappa shape index (κ3) is 25.2. The Hall–Kier alpha value is -7.93. The number of benzene rings is 2. The maximum Gasteiger partial charge on any atom is 0.317 e. The molecule has 6 amide bonds. The van der Waals surface area contributed by atoms with Gasteiger partial charge in [-0.15, -0.1) is 0 Å². The quantitative estimate of drug-likeness (QED) is 0.0442. The van der Waals surface area contributed by atoms with E-state index >= 15 is 0 Å². The van der Waals surface area contributed by atoms with Crippen LogP contribution in [0.15, 0.2) is 54.7 Å². The lowest BCUT2D eigenvalue weighted by Gasteiger charge is -2.33. The summed E-state index contributed by atoms with van der Waals surface area (Å²) < 4.78 is 33.9. The van der Waals surface area contributed by atoms with Crippen LogP contribution in [0.3, 0.4) is 0 Å². The summed E-state index contributed by atoms with van der Waals surface area (Å²) in [5.74, 6) is -7.82. The average molecular weight is 1260 g/mol. The molecule has 4 heterocycles. The number of unbranched alkanes of at least 4 members (excludes halogenated alkanes) is 2. The number of alkyl halides is 2. The van der Waals surface area contributed by atoms with E-state index in [1.807, 2.05) is 36.1 Å². The number of amides is 6. The van der Waals surface area contributed by atoms with Crippen LogP contribution >= 0.6 is 0 Å². The first-order valence-electron chi connectivity index (χ1n) is 31.2. The van der Waals surface area contributed by atoms with Crippen LogP contribution in [0.25, 0.3) is 10.9 Å². The summed E-state index contributed by atoms with van der Waals surface area (Å²) in [4.78, 5) is 129. The number of carboxylic acids is 3. The summed E-state index contributed by atoms with van der Waals surface area (Å²) in [6.45, 7) is 3.42. The molecule has 0 unspecified atom stereocenters. The number of halogens is 2. The van der Waals surface area contributed by atoms with Crippen molar-refractivity contribution in [3.05, 3.63) is 71.4 Å². The van der Waals surface area contributed by atoms with Crippen molar-refractivity contribution in [2.24, 2.45) is 5.92 Å². The molecule has 3 aliphatic heterocycles. The van der Waals surface area contributed by atoms with Gasteiger partial charge in [0.15, 0.2) is 0 Å². The molecule has 3 saturated heterocycles. The number of aliphatic carboxylic acids is 3. The van der Waals surface area contributed by atoms with Crippen molar-refractivity contribution < 1.29 is 72.0 Å². The molecule has 3 aliphatic rings. The molecular weight excluding hydrogens is 1170 g/mol. The number of nitriles is 1.